The van der Waals surface area contributed by atoms with Gasteiger partial charge in [-0.25, -0.2) is 4.57 Å². The van der Waals surface area contributed by atoms with E-state index >= 15 is 0 Å². The molecule has 0 amide bonds. The molecule has 0 aliphatic carbocycles. The minimum Gasteiger partial charge on any atom is -0.480 e. The first-order chi connectivity index (χ1) is 11.0. The third-order valence-electron chi connectivity index (χ3n) is 3.01. The Balaban J connectivity index is 2.15. The summed E-state index contributed by atoms with van der Waals surface area (Å²) in [6, 6.07) is 16.0. The third kappa shape index (κ3) is 5.43. The van der Waals surface area contributed by atoms with E-state index in [9.17, 15) is 9.36 Å². The van der Waals surface area contributed by atoms with Crippen LogP contribution in [0.15, 0.2) is 60.7 Å². The van der Waals surface area contributed by atoms with Crippen LogP contribution < -0.4 is 14.8 Å². The molecule has 0 saturated heterocycles. The van der Waals surface area contributed by atoms with Gasteiger partial charge in [0.2, 0.25) is 0 Å². The number of carbonyl (C=O) groups is 1. The topological polar surface area (TPSA) is 98.9 Å². The molecule has 23 heavy (non-hydrogen) atoms. The van der Waals surface area contributed by atoms with Crippen LogP contribution >= 0.6 is 7.60 Å². The lowest BCUT2D eigenvalue weighted by molar-refractivity contribution is -0.138. The van der Waals surface area contributed by atoms with Crippen molar-refractivity contribution in [3.63, 3.8) is 0 Å². The zero-order valence-corrected chi connectivity index (χ0v) is 13.3. The summed E-state index contributed by atoms with van der Waals surface area (Å²) < 4.78 is 24.0. The maximum absolute atomic E-state index is 13.0. The van der Waals surface area contributed by atoms with E-state index in [1.165, 1.54) is 0 Å². The molecule has 6 nitrogen and oxygen atoms in total. The summed E-state index contributed by atoms with van der Waals surface area (Å²) in [4.78, 5) is 10.8. The molecule has 0 aromatic heterocycles. The van der Waals surface area contributed by atoms with Crippen LogP contribution in [0.2, 0.25) is 0 Å². The van der Waals surface area contributed by atoms with Gasteiger partial charge >= 0.3 is 13.6 Å². The Bertz CT molecular complexity index is 632. The van der Waals surface area contributed by atoms with Crippen LogP contribution in [-0.4, -0.2) is 23.3 Å². The largest absolute Gasteiger partial charge is 0.480 e. The van der Waals surface area contributed by atoms with E-state index in [2.05, 4.69) is 0 Å². The Hall–Kier alpha value is -2.30. The number of nitrogens with two attached hydrogens (primary N) is 1. The maximum Gasteiger partial charge on any atom is 0.430 e. The van der Waals surface area contributed by atoms with Gasteiger partial charge in [0.05, 0.1) is 6.16 Å². The van der Waals surface area contributed by atoms with E-state index in [4.69, 9.17) is 19.9 Å². The van der Waals surface area contributed by atoms with Gasteiger partial charge in [-0.3, -0.25) is 4.79 Å². The Kier molecular flexibility index (Phi) is 5.79. The number of carboxylic acids is 1. The van der Waals surface area contributed by atoms with Crippen LogP contribution in [0.1, 0.15) is 6.42 Å². The first-order valence-electron chi connectivity index (χ1n) is 7.05. The summed E-state index contributed by atoms with van der Waals surface area (Å²) in [5, 5.41) is 8.86. The third-order valence-corrected chi connectivity index (χ3v) is 4.79. The second-order valence-electron chi connectivity index (χ2n) is 4.88. The normalized spacial score (nSPS) is 12.4. The lowest BCUT2D eigenvalue weighted by atomic mass is 10.2. The van der Waals surface area contributed by atoms with Crippen LogP contribution in [0.4, 0.5) is 0 Å². The van der Waals surface area contributed by atoms with Gasteiger partial charge in [-0.1, -0.05) is 36.4 Å². The molecular weight excluding hydrogens is 317 g/mol. The van der Waals surface area contributed by atoms with E-state index in [1.54, 1.807) is 60.7 Å². The summed E-state index contributed by atoms with van der Waals surface area (Å²) in [6.07, 6.45) is -0.128. The van der Waals surface area contributed by atoms with E-state index in [0.717, 1.165) is 0 Å². The fraction of sp³-hybridized carbons (Fsp3) is 0.188. The van der Waals surface area contributed by atoms with Crippen molar-refractivity contribution in [1.29, 1.82) is 0 Å². The van der Waals surface area contributed by atoms with Crippen molar-refractivity contribution < 1.29 is 23.5 Å². The van der Waals surface area contributed by atoms with Crippen molar-refractivity contribution >= 4 is 13.6 Å². The van der Waals surface area contributed by atoms with E-state index < -0.39 is 19.6 Å². The van der Waals surface area contributed by atoms with Crippen LogP contribution in [0, 0.1) is 0 Å². The van der Waals surface area contributed by atoms with Gasteiger partial charge < -0.3 is 19.9 Å². The van der Waals surface area contributed by atoms with Gasteiger partial charge in [-0.2, -0.15) is 0 Å². The monoisotopic (exact) mass is 335 g/mol. The number of rotatable bonds is 8. The van der Waals surface area contributed by atoms with Crippen molar-refractivity contribution in [3.05, 3.63) is 60.7 Å². The molecule has 1 unspecified atom stereocenters. The molecule has 0 heterocycles. The molecule has 1 atom stereocenters. The fourth-order valence-electron chi connectivity index (χ4n) is 1.81. The van der Waals surface area contributed by atoms with Crippen molar-refractivity contribution in [2.45, 2.75) is 12.5 Å². The molecule has 0 spiro atoms. The molecule has 2 aromatic carbocycles. The molecule has 2 aromatic rings. The summed E-state index contributed by atoms with van der Waals surface area (Å²) in [5.74, 6) is -0.387. The van der Waals surface area contributed by atoms with Gasteiger partial charge in [-0.15, -0.1) is 0 Å². The van der Waals surface area contributed by atoms with Gasteiger partial charge in [0.25, 0.3) is 0 Å². The maximum atomic E-state index is 13.0. The number of carboxylic acid groups (broad SMARTS) is 1. The summed E-state index contributed by atoms with van der Waals surface area (Å²) in [7, 11) is -3.60. The Morgan fingerprint density at radius 3 is 1.83 bits per heavy atom. The highest BCUT2D eigenvalue weighted by molar-refractivity contribution is 7.54. The quantitative estimate of drug-likeness (QED) is 0.719. The molecule has 0 aliphatic rings. The standard InChI is InChI=1S/C16H18NO5P/c17-15(16(18)19)11-12-23(20,21-13-7-3-1-4-8-13)22-14-9-5-2-6-10-14/h1-10,15H,11-12,17H2,(H,18,19). The smallest absolute Gasteiger partial charge is 0.430 e. The van der Waals surface area contributed by atoms with Gasteiger partial charge in [0.15, 0.2) is 0 Å². The van der Waals surface area contributed by atoms with E-state index in [0.29, 0.717) is 11.5 Å². The predicted molar refractivity (Wildman–Crippen MR) is 86.8 cm³/mol. The minimum atomic E-state index is -3.60. The molecule has 0 saturated carbocycles. The molecule has 0 radical (unpaired) electrons. The molecular formula is C16H18NO5P. The molecule has 122 valence electrons. The number of hydrogen-bond acceptors (Lipinski definition) is 5. The van der Waals surface area contributed by atoms with Crippen LogP contribution in [-0.2, 0) is 9.36 Å². The number of hydrogen-bond donors (Lipinski definition) is 2. The highest BCUT2D eigenvalue weighted by Gasteiger charge is 2.30. The summed E-state index contributed by atoms with van der Waals surface area (Å²) in [5.41, 5.74) is 5.48. The van der Waals surface area contributed by atoms with E-state index in [1.807, 2.05) is 0 Å². The average molecular weight is 335 g/mol. The SMILES string of the molecule is NC(CCP(=O)(Oc1ccccc1)Oc1ccccc1)C(=O)O. The molecule has 0 aliphatic heterocycles. The molecule has 3 N–H and O–H groups in total. The minimum absolute atomic E-state index is 0.0215. The van der Waals surface area contributed by atoms with Gasteiger partial charge in [-0.05, 0) is 30.7 Å². The molecule has 0 bridgehead atoms. The van der Waals surface area contributed by atoms with Crippen LogP contribution in [0.3, 0.4) is 0 Å². The Morgan fingerprint density at radius 1 is 1.00 bits per heavy atom. The lowest BCUT2D eigenvalue weighted by Gasteiger charge is -2.20. The molecule has 0 fully saturated rings. The zero-order chi connectivity index (χ0) is 16.7. The number of aliphatic carboxylic acids is 1. The Morgan fingerprint density at radius 2 is 1.43 bits per heavy atom. The fourth-order valence-corrected chi connectivity index (χ4v) is 3.51. The lowest BCUT2D eigenvalue weighted by Crippen LogP contribution is -2.31. The second kappa shape index (κ2) is 7.81. The van der Waals surface area contributed by atoms with E-state index in [-0.39, 0.29) is 12.6 Å². The first-order valence-corrected chi connectivity index (χ1v) is 8.78. The zero-order valence-electron chi connectivity index (χ0n) is 12.4. The van der Waals surface area contributed by atoms with Gasteiger partial charge in [0.1, 0.15) is 17.5 Å². The average Bonchev–Trinajstić information content (AvgIpc) is 2.54. The highest BCUT2D eigenvalue weighted by atomic mass is 31.2. The number of para-hydroxylation sites is 2. The van der Waals surface area contributed by atoms with Crippen molar-refractivity contribution in [3.8, 4) is 11.5 Å². The molecule has 2 rings (SSSR count). The molecule has 7 heteroatoms. The summed E-state index contributed by atoms with van der Waals surface area (Å²) in [6.45, 7) is 0. The highest BCUT2D eigenvalue weighted by Crippen LogP contribution is 2.49. The van der Waals surface area contributed by atoms with Crippen molar-refractivity contribution in [2.24, 2.45) is 5.73 Å². The first kappa shape index (κ1) is 17.1. The van der Waals surface area contributed by atoms with Crippen molar-refractivity contribution in [1.82, 2.24) is 0 Å². The van der Waals surface area contributed by atoms with Crippen molar-refractivity contribution in [2.75, 3.05) is 6.16 Å². The second-order valence-corrected chi connectivity index (χ2v) is 6.91. The Labute approximate surface area is 134 Å². The predicted octanol–water partition coefficient (Wildman–Crippen LogP) is 3.14. The van der Waals surface area contributed by atoms with Crippen LogP contribution in [0.25, 0.3) is 0 Å². The summed E-state index contributed by atoms with van der Waals surface area (Å²) >= 11 is 0. The van der Waals surface area contributed by atoms with Gasteiger partial charge in [0, 0.05) is 0 Å². The van der Waals surface area contributed by atoms with Crippen LogP contribution in [0.5, 0.6) is 11.5 Å². The number of benzene rings is 2.